The summed E-state index contributed by atoms with van der Waals surface area (Å²) >= 11 is 0. The van der Waals surface area contributed by atoms with Crippen LogP contribution < -0.4 is 15.8 Å². The van der Waals surface area contributed by atoms with Crippen LogP contribution in [0.5, 0.6) is 5.75 Å². The van der Waals surface area contributed by atoms with Gasteiger partial charge in [-0.3, -0.25) is 4.79 Å². The number of alkyl halides is 6. The average molecular weight is 404 g/mol. The predicted octanol–water partition coefficient (Wildman–Crippen LogP) is 4.17. The molecule has 0 spiro atoms. The number of amides is 1. The first-order valence-electron chi connectivity index (χ1n) is 8.04. The zero-order valence-corrected chi connectivity index (χ0v) is 14.1. The Hall–Kier alpha value is -2.75. The highest BCUT2D eigenvalue weighted by molar-refractivity contribution is 5.93. The van der Waals surface area contributed by atoms with E-state index in [4.69, 9.17) is 5.73 Å². The lowest BCUT2D eigenvalue weighted by atomic mass is 9.86. The Morgan fingerprint density at radius 2 is 1.71 bits per heavy atom. The van der Waals surface area contributed by atoms with Gasteiger partial charge in [0, 0.05) is 18.2 Å². The smallest absolute Gasteiger partial charge is 0.406 e. The fourth-order valence-electron chi connectivity index (χ4n) is 3.29. The minimum Gasteiger partial charge on any atom is -0.406 e. The molecular formula is C18H14F6N2O2. The van der Waals surface area contributed by atoms with Gasteiger partial charge in [-0.05, 0) is 41.0 Å². The number of ether oxygens (including phenoxy) is 1. The molecule has 0 fully saturated rings. The van der Waals surface area contributed by atoms with E-state index in [0.717, 1.165) is 24.3 Å². The Morgan fingerprint density at radius 1 is 1.07 bits per heavy atom. The topological polar surface area (TPSA) is 64.4 Å². The van der Waals surface area contributed by atoms with E-state index in [1.54, 1.807) is 0 Å². The molecule has 10 heteroatoms. The summed E-state index contributed by atoms with van der Waals surface area (Å²) < 4.78 is 81.9. The molecule has 3 N–H and O–H groups in total. The molecule has 2 aromatic carbocycles. The molecule has 2 atom stereocenters. The Bertz CT molecular complexity index is 877. The molecule has 1 aliphatic heterocycles. The van der Waals surface area contributed by atoms with Crippen molar-refractivity contribution in [1.82, 2.24) is 5.32 Å². The van der Waals surface area contributed by atoms with Gasteiger partial charge in [0.25, 0.3) is 0 Å². The van der Waals surface area contributed by atoms with Crippen molar-refractivity contribution in [3.05, 3.63) is 64.7 Å². The molecule has 1 heterocycles. The Kier molecular flexibility index (Phi) is 5.00. The van der Waals surface area contributed by atoms with Gasteiger partial charge in [0.1, 0.15) is 5.75 Å². The maximum Gasteiger partial charge on any atom is 0.573 e. The number of carbonyl (C=O) groups is 1. The predicted molar refractivity (Wildman–Crippen MR) is 86.5 cm³/mol. The number of nitrogens with two attached hydrogens (primary N) is 1. The summed E-state index contributed by atoms with van der Waals surface area (Å²) in [5, 5.41) is 2.76. The van der Waals surface area contributed by atoms with E-state index in [1.807, 2.05) is 0 Å². The van der Waals surface area contributed by atoms with E-state index in [0.29, 0.717) is 11.1 Å². The van der Waals surface area contributed by atoms with Crippen LogP contribution in [0.3, 0.4) is 0 Å². The second-order valence-corrected chi connectivity index (χ2v) is 6.27. The normalized spacial score (nSPS) is 17.9. The van der Waals surface area contributed by atoms with Crippen molar-refractivity contribution >= 4 is 5.91 Å². The number of rotatable bonds is 4. The van der Waals surface area contributed by atoms with Crippen LogP contribution in [0.4, 0.5) is 26.3 Å². The Balaban J connectivity index is 1.94. The summed E-state index contributed by atoms with van der Waals surface area (Å²) in [4.78, 5) is 11.3. The van der Waals surface area contributed by atoms with Gasteiger partial charge in [0.2, 0.25) is 5.91 Å². The van der Waals surface area contributed by atoms with Crippen molar-refractivity contribution in [2.45, 2.75) is 31.0 Å². The third-order valence-electron chi connectivity index (χ3n) is 4.43. The van der Waals surface area contributed by atoms with Crippen LogP contribution >= 0.6 is 0 Å². The van der Waals surface area contributed by atoms with Crippen LogP contribution in [-0.4, -0.2) is 18.4 Å². The van der Waals surface area contributed by atoms with Crippen molar-refractivity contribution in [3.63, 3.8) is 0 Å². The first kappa shape index (κ1) is 20.0. The highest BCUT2D eigenvalue weighted by atomic mass is 19.4. The van der Waals surface area contributed by atoms with Gasteiger partial charge < -0.3 is 15.8 Å². The minimum absolute atomic E-state index is 0.100. The molecule has 2 aromatic rings. The Morgan fingerprint density at radius 3 is 2.25 bits per heavy atom. The van der Waals surface area contributed by atoms with E-state index in [2.05, 4.69) is 10.1 Å². The van der Waals surface area contributed by atoms with Crippen molar-refractivity contribution in [3.8, 4) is 5.75 Å². The lowest BCUT2D eigenvalue weighted by molar-refractivity contribution is -0.274. The van der Waals surface area contributed by atoms with E-state index in [-0.39, 0.29) is 17.7 Å². The fraction of sp³-hybridized carbons (Fsp3) is 0.278. The summed E-state index contributed by atoms with van der Waals surface area (Å²) in [6, 6.07) is 6.60. The molecule has 150 valence electrons. The number of halogens is 6. The summed E-state index contributed by atoms with van der Waals surface area (Å²) in [5.41, 5.74) is 6.01. The highest BCUT2D eigenvalue weighted by Gasteiger charge is 2.48. The van der Waals surface area contributed by atoms with Gasteiger partial charge in [0.05, 0.1) is 5.92 Å². The van der Waals surface area contributed by atoms with Gasteiger partial charge in [0.15, 0.2) is 0 Å². The molecule has 1 unspecified atom stereocenters. The maximum absolute atomic E-state index is 13.8. The van der Waals surface area contributed by atoms with Gasteiger partial charge in [-0.1, -0.05) is 18.2 Å². The molecule has 0 aliphatic carbocycles. The number of nitrogens with one attached hydrogen (secondary N) is 1. The summed E-state index contributed by atoms with van der Waals surface area (Å²) in [5.74, 6) is -3.31. The molecule has 1 aliphatic rings. The van der Waals surface area contributed by atoms with Crippen molar-refractivity contribution in [2.75, 3.05) is 0 Å². The number of primary amides is 1. The first-order chi connectivity index (χ1) is 13.0. The second-order valence-electron chi connectivity index (χ2n) is 6.27. The lowest BCUT2D eigenvalue weighted by Gasteiger charge is -2.27. The second kappa shape index (κ2) is 7.01. The van der Waals surface area contributed by atoms with Gasteiger partial charge in [-0.15, -0.1) is 13.2 Å². The van der Waals surface area contributed by atoms with E-state index >= 15 is 0 Å². The van der Waals surface area contributed by atoms with Crippen molar-refractivity contribution in [1.29, 1.82) is 0 Å². The highest BCUT2D eigenvalue weighted by Crippen LogP contribution is 2.47. The average Bonchev–Trinajstić information content (AvgIpc) is 2.97. The number of hydrogen-bond donors (Lipinski definition) is 2. The molecule has 0 radical (unpaired) electrons. The summed E-state index contributed by atoms with van der Waals surface area (Å²) in [6.07, 6.45) is -9.61. The van der Waals surface area contributed by atoms with E-state index in [1.165, 1.54) is 18.2 Å². The molecule has 4 nitrogen and oxygen atoms in total. The van der Waals surface area contributed by atoms with Crippen LogP contribution in [0.25, 0.3) is 0 Å². The number of fused-ring (bicyclic) bond motifs is 1. The van der Waals surface area contributed by atoms with Crippen LogP contribution in [0.15, 0.2) is 42.5 Å². The first-order valence-corrected chi connectivity index (χ1v) is 8.04. The summed E-state index contributed by atoms with van der Waals surface area (Å²) in [6.45, 7) is 0.100. The van der Waals surface area contributed by atoms with Crippen molar-refractivity contribution < 1.29 is 35.9 Å². The van der Waals surface area contributed by atoms with Gasteiger partial charge >= 0.3 is 12.5 Å². The SMILES string of the molecule is NC(=O)c1ccc2c(c1)CNC2[C@@H](c1ccc(OC(F)(F)F)cc1)C(F)(F)F. The van der Waals surface area contributed by atoms with E-state index < -0.39 is 36.2 Å². The lowest BCUT2D eigenvalue weighted by Crippen LogP contribution is -2.32. The maximum atomic E-state index is 13.8. The van der Waals surface area contributed by atoms with Gasteiger partial charge in [-0.2, -0.15) is 13.2 Å². The minimum atomic E-state index is -4.94. The number of benzene rings is 2. The van der Waals surface area contributed by atoms with Gasteiger partial charge in [-0.25, -0.2) is 0 Å². The molecular weight excluding hydrogens is 390 g/mol. The van der Waals surface area contributed by atoms with Crippen LogP contribution in [0, 0.1) is 0 Å². The molecule has 0 bridgehead atoms. The molecule has 28 heavy (non-hydrogen) atoms. The quantitative estimate of drug-likeness (QED) is 0.752. The number of hydrogen-bond acceptors (Lipinski definition) is 3. The number of carbonyl (C=O) groups excluding carboxylic acids is 1. The Labute approximate surface area is 155 Å². The van der Waals surface area contributed by atoms with Crippen LogP contribution in [0.2, 0.25) is 0 Å². The standard InChI is InChI=1S/C18H14F6N2O2/c19-17(20,21)14(9-1-4-12(5-2-9)28-18(22,23)24)15-13-6-3-10(16(25)27)7-11(13)8-26-15/h1-7,14-15,26H,8H2,(H2,25,27)/t14-,15?/m1/s1. The molecule has 1 amide bonds. The summed E-state index contributed by atoms with van der Waals surface area (Å²) in [7, 11) is 0. The molecule has 0 saturated heterocycles. The van der Waals surface area contributed by atoms with Crippen molar-refractivity contribution in [2.24, 2.45) is 5.73 Å². The van der Waals surface area contributed by atoms with E-state index in [9.17, 15) is 31.1 Å². The zero-order chi connectivity index (χ0) is 20.7. The third-order valence-corrected chi connectivity index (χ3v) is 4.43. The molecule has 3 rings (SSSR count). The molecule has 0 aromatic heterocycles. The van der Waals surface area contributed by atoms with Crippen LogP contribution in [0.1, 0.15) is 39.0 Å². The van der Waals surface area contributed by atoms with Crippen LogP contribution in [-0.2, 0) is 6.54 Å². The molecule has 0 saturated carbocycles. The fourth-order valence-corrected chi connectivity index (χ4v) is 3.29. The zero-order valence-electron chi connectivity index (χ0n) is 14.1. The monoisotopic (exact) mass is 404 g/mol. The third kappa shape index (κ3) is 4.22. The largest absolute Gasteiger partial charge is 0.573 e.